The number of amides is 1. The van der Waals surface area contributed by atoms with Crippen molar-refractivity contribution in [2.24, 2.45) is 0 Å². The summed E-state index contributed by atoms with van der Waals surface area (Å²) in [4.78, 5) is 17.3. The lowest BCUT2D eigenvalue weighted by atomic mass is 10.1. The van der Waals surface area contributed by atoms with Crippen molar-refractivity contribution < 1.29 is 9.53 Å². The second-order valence-corrected chi connectivity index (χ2v) is 8.79. The third-order valence-electron chi connectivity index (χ3n) is 6.28. The van der Waals surface area contributed by atoms with Gasteiger partial charge in [-0.05, 0) is 62.1 Å². The Labute approximate surface area is 186 Å². The number of likely N-dealkylation sites (tertiary alicyclic amines) is 1. The second kappa shape index (κ2) is 11.3. The van der Waals surface area contributed by atoms with Crippen LogP contribution in [-0.2, 0) is 16.1 Å². The molecule has 2 heterocycles. The lowest BCUT2D eigenvalue weighted by Crippen LogP contribution is -2.43. The average Bonchev–Trinajstić information content (AvgIpc) is 3.09. The van der Waals surface area contributed by atoms with Gasteiger partial charge in [-0.2, -0.15) is 0 Å². The molecule has 0 spiro atoms. The molecule has 1 amide bonds. The Morgan fingerprint density at radius 3 is 2.39 bits per heavy atom. The topological polar surface area (TPSA) is 44.8 Å². The summed E-state index contributed by atoms with van der Waals surface area (Å²) >= 11 is 0. The van der Waals surface area contributed by atoms with E-state index < -0.39 is 0 Å². The summed E-state index contributed by atoms with van der Waals surface area (Å²) in [5, 5.41) is 3.06. The summed E-state index contributed by atoms with van der Waals surface area (Å²) in [6.45, 7) is 5.08. The highest BCUT2D eigenvalue weighted by molar-refractivity contribution is 5.92. The van der Waals surface area contributed by atoms with Gasteiger partial charge in [0, 0.05) is 31.0 Å². The van der Waals surface area contributed by atoms with E-state index in [2.05, 4.69) is 39.4 Å². The molecule has 1 unspecified atom stereocenters. The van der Waals surface area contributed by atoms with Crippen molar-refractivity contribution in [3.8, 4) is 0 Å². The Morgan fingerprint density at radius 2 is 1.65 bits per heavy atom. The molecule has 4 rings (SSSR count). The Balaban J connectivity index is 1.22. The van der Waals surface area contributed by atoms with Gasteiger partial charge in [0.2, 0.25) is 5.91 Å². The monoisotopic (exact) mass is 421 g/mol. The van der Waals surface area contributed by atoms with Crippen LogP contribution in [0.25, 0.3) is 0 Å². The molecule has 1 atom stereocenters. The number of carbonyl (C=O) groups is 1. The predicted octanol–water partition coefficient (Wildman–Crippen LogP) is 4.69. The van der Waals surface area contributed by atoms with Gasteiger partial charge < -0.3 is 15.0 Å². The minimum Gasteiger partial charge on any atom is -0.372 e. The Morgan fingerprint density at radius 1 is 0.903 bits per heavy atom. The van der Waals surface area contributed by atoms with E-state index in [0.717, 1.165) is 44.7 Å². The van der Waals surface area contributed by atoms with Crippen LogP contribution in [0.15, 0.2) is 54.6 Å². The fourth-order valence-corrected chi connectivity index (χ4v) is 4.57. The zero-order chi connectivity index (χ0) is 21.3. The van der Waals surface area contributed by atoms with Gasteiger partial charge in [0.25, 0.3) is 0 Å². The highest BCUT2D eigenvalue weighted by Crippen LogP contribution is 2.22. The van der Waals surface area contributed by atoms with Crippen LogP contribution in [0.4, 0.5) is 11.4 Å². The standard InChI is InChI=1S/C26H35N3O2/c30-26(27-23-12-14-24(15-13-23)29-17-6-1-2-7-18-29)20-28-16-8-11-25(19-28)31-21-22-9-4-3-5-10-22/h3-5,9-10,12-15,25H,1-2,6-8,11,16-21H2,(H,27,30). The van der Waals surface area contributed by atoms with E-state index >= 15 is 0 Å². The summed E-state index contributed by atoms with van der Waals surface area (Å²) in [7, 11) is 0. The molecule has 5 nitrogen and oxygen atoms in total. The minimum atomic E-state index is 0.0474. The van der Waals surface area contributed by atoms with Crippen LogP contribution in [0.1, 0.15) is 44.1 Å². The number of nitrogens with one attached hydrogen (secondary N) is 1. The largest absolute Gasteiger partial charge is 0.372 e. The normalized spacial score (nSPS) is 20.3. The fraction of sp³-hybridized carbons (Fsp3) is 0.500. The summed E-state index contributed by atoms with van der Waals surface area (Å²) in [6.07, 6.45) is 7.52. The van der Waals surface area contributed by atoms with Crippen LogP contribution in [0.3, 0.4) is 0 Å². The van der Waals surface area contributed by atoms with Gasteiger partial charge in [0.15, 0.2) is 0 Å². The lowest BCUT2D eigenvalue weighted by molar-refractivity contribution is -0.118. The maximum Gasteiger partial charge on any atom is 0.238 e. The van der Waals surface area contributed by atoms with Gasteiger partial charge in [0.05, 0.1) is 19.3 Å². The highest BCUT2D eigenvalue weighted by atomic mass is 16.5. The van der Waals surface area contributed by atoms with E-state index in [0.29, 0.717) is 13.2 Å². The number of piperidine rings is 1. The van der Waals surface area contributed by atoms with Crippen LogP contribution in [0.2, 0.25) is 0 Å². The number of hydrogen-bond donors (Lipinski definition) is 1. The van der Waals surface area contributed by atoms with Crippen molar-refractivity contribution in [1.82, 2.24) is 4.90 Å². The van der Waals surface area contributed by atoms with E-state index in [-0.39, 0.29) is 12.0 Å². The molecule has 0 aromatic heterocycles. The fourth-order valence-electron chi connectivity index (χ4n) is 4.57. The van der Waals surface area contributed by atoms with Crippen LogP contribution < -0.4 is 10.2 Å². The van der Waals surface area contributed by atoms with Crippen LogP contribution in [0.5, 0.6) is 0 Å². The minimum absolute atomic E-state index is 0.0474. The van der Waals surface area contributed by atoms with Crippen molar-refractivity contribution in [1.29, 1.82) is 0 Å². The van der Waals surface area contributed by atoms with Crippen molar-refractivity contribution in [3.05, 3.63) is 60.2 Å². The number of carbonyl (C=O) groups excluding carboxylic acids is 1. The molecule has 0 radical (unpaired) electrons. The Kier molecular flexibility index (Phi) is 7.97. The zero-order valence-corrected chi connectivity index (χ0v) is 18.5. The van der Waals surface area contributed by atoms with E-state index in [4.69, 9.17) is 4.74 Å². The first-order valence-electron chi connectivity index (χ1n) is 11.8. The van der Waals surface area contributed by atoms with E-state index in [1.807, 2.05) is 30.3 Å². The van der Waals surface area contributed by atoms with Crippen molar-refractivity contribution >= 4 is 17.3 Å². The molecular formula is C26H35N3O2. The molecule has 2 aromatic carbocycles. The average molecular weight is 422 g/mol. The first-order valence-corrected chi connectivity index (χ1v) is 11.8. The van der Waals surface area contributed by atoms with Crippen molar-refractivity contribution in [3.63, 3.8) is 0 Å². The second-order valence-electron chi connectivity index (χ2n) is 8.79. The molecule has 0 aliphatic carbocycles. The summed E-state index contributed by atoms with van der Waals surface area (Å²) in [6, 6.07) is 18.6. The highest BCUT2D eigenvalue weighted by Gasteiger charge is 2.22. The summed E-state index contributed by atoms with van der Waals surface area (Å²) in [5.74, 6) is 0.0474. The van der Waals surface area contributed by atoms with E-state index in [1.165, 1.54) is 36.9 Å². The number of rotatable bonds is 7. The van der Waals surface area contributed by atoms with Crippen molar-refractivity contribution in [2.45, 2.75) is 51.2 Å². The van der Waals surface area contributed by atoms with Crippen molar-refractivity contribution in [2.75, 3.05) is 42.9 Å². The molecule has 2 aromatic rings. The third kappa shape index (κ3) is 6.81. The molecule has 5 heteroatoms. The molecule has 0 saturated carbocycles. The molecule has 1 N–H and O–H groups in total. The SMILES string of the molecule is O=C(CN1CCCC(OCc2ccccc2)C1)Nc1ccc(N2CCCCCC2)cc1. The molecule has 166 valence electrons. The smallest absolute Gasteiger partial charge is 0.238 e. The lowest BCUT2D eigenvalue weighted by Gasteiger charge is -2.32. The molecule has 2 fully saturated rings. The molecular weight excluding hydrogens is 386 g/mol. The van der Waals surface area contributed by atoms with E-state index in [1.54, 1.807) is 0 Å². The molecule has 31 heavy (non-hydrogen) atoms. The maximum absolute atomic E-state index is 12.6. The zero-order valence-electron chi connectivity index (χ0n) is 18.5. The van der Waals surface area contributed by atoms with Gasteiger partial charge in [0.1, 0.15) is 0 Å². The third-order valence-corrected chi connectivity index (χ3v) is 6.28. The van der Waals surface area contributed by atoms with Gasteiger partial charge in [-0.25, -0.2) is 0 Å². The Hall–Kier alpha value is -2.37. The van der Waals surface area contributed by atoms with Crippen LogP contribution in [0, 0.1) is 0 Å². The molecule has 2 aliphatic heterocycles. The van der Waals surface area contributed by atoms with Gasteiger partial charge in [-0.1, -0.05) is 43.2 Å². The number of ether oxygens (including phenoxy) is 1. The van der Waals surface area contributed by atoms with Crippen LogP contribution in [-0.4, -0.2) is 49.6 Å². The summed E-state index contributed by atoms with van der Waals surface area (Å²) < 4.78 is 6.10. The summed E-state index contributed by atoms with van der Waals surface area (Å²) in [5.41, 5.74) is 3.33. The van der Waals surface area contributed by atoms with Gasteiger partial charge >= 0.3 is 0 Å². The van der Waals surface area contributed by atoms with Gasteiger partial charge in [-0.15, -0.1) is 0 Å². The maximum atomic E-state index is 12.6. The molecule has 2 saturated heterocycles. The number of benzene rings is 2. The number of hydrogen-bond acceptors (Lipinski definition) is 4. The van der Waals surface area contributed by atoms with Gasteiger partial charge in [-0.3, -0.25) is 9.69 Å². The first kappa shape index (κ1) is 21.8. The van der Waals surface area contributed by atoms with Crippen LogP contribution >= 0.6 is 0 Å². The Bertz CT molecular complexity index is 801. The predicted molar refractivity (Wildman–Crippen MR) is 126 cm³/mol. The number of nitrogens with zero attached hydrogens (tertiary/aromatic N) is 2. The number of anilines is 2. The first-order chi connectivity index (χ1) is 15.3. The quantitative estimate of drug-likeness (QED) is 0.705. The molecule has 2 aliphatic rings. The molecule has 0 bridgehead atoms. The van der Waals surface area contributed by atoms with E-state index in [9.17, 15) is 4.79 Å².